The van der Waals surface area contributed by atoms with Gasteiger partial charge in [-0.15, -0.1) is 11.3 Å². The Hall–Kier alpha value is -0.870. The van der Waals surface area contributed by atoms with Gasteiger partial charge in [-0.25, -0.2) is 13.1 Å². The molecule has 0 unspecified atom stereocenters. The molecule has 2 rings (SSSR count). The molecule has 1 aliphatic rings. The maximum atomic E-state index is 11.5. The number of thiophene rings is 1. The monoisotopic (exact) mass is 421 g/mol. The summed E-state index contributed by atoms with van der Waals surface area (Å²) in [4.78, 5) is 10.2. The second-order valence-electron chi connectivity index (χ2n) is 7.13. The molecule has 0 bridgehead atoms. The van der Waals surface area contributed by atoms with Crippen molar-refractivity contribution in [2.24, 2.45) is 4.99 Å². The topological polar surface area (TPSA) is 77.0 Å². The number of nitrogens with one attached hydrogen (secondary N) is 2. The molecular weight excluding hydrogens is 394 g/mol. The number of sulfonamides is 1. The molecule has 26 heavy (non-hydrogen) atoms. The van der Waals surface area contributed by atoms with Gasteiger partial charge in [-0.05, 0) is 26.0 Å². The Labute approximate surface area is 165 Å². The van der Waals surface area contributed by atoms with Crippen LogP contribution in [0.3, 0.4) is 0 Å². The van der Waals surface area contributed by atoms with Crippen molar-refractivity contribution in [3.05, 3.63) is 21.3 Å². The summed E-state index contributed by atoms with van der Waals surface area (Å²) in [6.07, 6.45) is 1.17. The highest BCUT2D eigenvalue weighted by Crippen LogP contribution is 2.23. The molecule has 1 fully saturated rings. The highest BCUT2D eigenvalue weighted by molar-refractivity contribution is 7.88. The Morgan fingerprint density at radius 1 is 1.31 bits per heavy atom. The van der Waals surface area contributed by atoms with Crippen LogP contribution in [0.5, 0.6) is 0 Å². The molecule has 0 atom stereocenters. The van der Waals surface area contributed by atoms with Crippen molar-refractivity contribution < 1.29 is 8.42 Å². The molecule has 0 aliphatic carbocycles. The smallest absolute Gasteiger partial charge is 0.209 e. The van der Waals surface area contributed by atoms with Crippen molar-refractivity contribution in [1.29, 1.82) is 0 Å². The van der Waals surface area contributed by atoms with Crippen LogP contribution >= 0.6 is 22.9 Å². The summed E-state index contributed by atoms with van der Waals surface area (Å²) < 4.78 is 26.4. The molecule has 0 radical (unpaired) electrons. The van der Waals surface area contributed by atoms with E-state index in [4.69, 9.17) is 11.6 Å². The molecule has 148 valence electrons. The highest BCUT2D eigenvalue weighted by atomic mass is 35.5. The molecule has 0 amide bonds. The second-order valence-corrected chi connectivity index (χ2v) is 10.7. The van der Waals surface area contributed by atoms with Crippen molar-refractivity contribution in [1.82, 2.24) is 19.8 Å². The number of nitrogens with zero attached hydrogens (tertiary/aromatic N) is 3. The summed E-state index contributed by atoms with van der Waals surface area (Å²) in [6, 6.07) is 4.02. The quantitative estimate of drug-likeness (QED) is 0.536. The average Bonchev–Trinajstić information content (AvgIpc) is 2.92. The van der Waals surface area contributed by atoms with E-state index in [9.17, 15) is 8.42 Å². The fraction of sp³-hybridized carbons (Fsp3) is 0.688. The number of hydrogen-bond donors (Lipinski definition) is 2. The number of aliphatic imine (C=N–C) groups is 1. The van der Waals surface area contributed by atoms with Gasteiger partial charge in [-0.3, -0.25) is 9.89 Å². The van der Waals surface area contributed by atoms with E-state index in [0.29, 0.717) is 6.54 Å². The van der Waals surface area contributed by atoms with Crippen LogP contribution in [0.4, 0.5) is 0 Å². The summed E-state index contributed by atoms with van der Waals surface area (Å²) in [5.41, 5.74) is -0.593. The van der Waals surface area contributed by atoms with E-state index in [2.05, 4.69) is 30.9 Å². The molecule has 0 saturated carbocycles. The molecule has 7 nitrogen and oxygen atoms in total. The van der Waals surface area contributed by atoms with Crippen LogP contribution < -0.4 is 10.0 Å². The minimum absolute atomic E-state index is 0.459. The first-order valence-corrected chi connectivity index (χ1v) is 11.6. The van der Waals surface area contributed by atoms with Crippen molar-refractivity contribution in [2.75, 3.05) is 46.0 Å². The average molecular weight is 422 g/mol. The van der Waals surface area contributed by atoms with Gasteiger partial charge in [0.05, 0.1) is 10.6 Å². The number of piperazine rings is 1. The standard InChI is InChI=1S/C16H28ClN5O2S2/c1-16(2,20-26(4,23)24)12-19-15(18-3)22-9-7-21(8-10-22)11-13-5-6-14(17)25-13/h5-6,20H,7-12H2,1-4H3,(H,18,19). The van der Waals surface area contributed by atoms with Crippen molar-refractivity contribution >= 4 is 38.9 Å². The minimum Gasteiger partial charge on any atom is -0.354 e. The van der Waals surface area contributed by atoms with Crippen molar-refractivity contribution in [2.45, 2.75) is 25.9 Å². The van der Waals surface area contributed by atoms with Gasteiger partial charge in [-0.1, -0.05) is 11.6 Å². The molecule has 2 N–H and O–H groups in total. The Bertz CT molecular complexity index is 725. The summed E-state index contributed by atoms with van der Waals surface area (Å²) in [6.45, 7) is 8.71. The van der Waals surface area contributed by atoms with Crippen LogP contribution in [0, 0.1) is 0 Å². The summed E-state index contributed by atoms with van der Waals surface area (Å²) >= 11 is 7.62. The van der Waals surface area contributed by atoms with Crippen LogP contribution in [0.15, 0.2) is 17.1 Å². The first-order chi connectivity index (χ1) is 12.1. The molecule has 0 spiro atoms. The van der Waals surface area contributed by atoms with Crippen LogP contribution in [0.1, 0.15) is 18.7 Å². The number of guanidine groups is 1. The van der Waals surface area contributed by atoms with E-state index in [1.165, 1.54) is 11.1 Å². The summed E-state index contributed by atoms with van der Waals surface area (Å²) in [5.74, 6) is 0.798. The van der Waals surface area contributed by atoms with Crippen molar-refractivity contribution in [3.8, 4) is 0 Å². The zero-order chi connectivity index (χ0) is 19.4. The molecule has 1 saturated heterocycles. The molecule has 0 aromatic carbocycles. The van der Waals surface area contributed by atoms with E-state index in [1.54, 1.807) is 18.4 Å². The van der Waals surface area contributed by atoms with Gasteiger partial charge in [-0.2, -0.15) is 0 Å². The predicted octanol–water partition coefficient (Wildman–Crippen LogP) is 1.42. The van der Waals surface area contributed by atoms with E-state index in [1.807, 2.05) is 19.9 Å². The van der Waals surface area contributed by atoms with Gasteiger partial charge < -0.3 is 10.2 Å². The molecular formula is C16H28ClN5O2S2. The van der Waals surface area contributed by atoms with Crippen LogP contribution in [0.2, 0.25) is 4.34 Å². The minimum atomic E-state index is -3.26. The maximum absolute atomic E-state index is 11.5. The fourth-order valence-corrected chi connectivity index (χ4v) is 5.15. The predicted molar refractivity (Wildman–Crippen MR) is 110 cm³/mol. The summed E-state index contributed by atoms with van der Waals surface area (Å²) in [7, 11) is -1.51. The fourth-order valence-electron chi connectivity index (χ4n) is 2.95. The van der Waals surface area contributed by atoms with Gasteiger partial charge in [0.2, 0.25) is 10.0 Å². The van der Waals surface area contributed by atoms with Crippen LogP contribution in [-0.2, 0) is 16.6 Å². The highest BCUT2D eigenvalue weighted by Gasteiger charge is 2.25. The second kappa shape index (κ2) is 8.88. The Morgan fingerprint density at radius 2 is 1.96 bits per heavy atom. The first-order valence-electron chi connectivity index (χ1n) is 8.49. The third kappa shape index (κ3) is 7.03. The van der Waals surface area contributed by atoms with E-state index < -0.39 is 15.6 Å². The van der Waals surface area contributed by atoms with Crippen LogP contribution in [-0.4, -0.2) is 75.7 Å². The zero-order valence-corrected chi connectivity index (χ0v) is 18.1. The summed E-state index contributed by atoms with van der Waals surface area (Å²) in [5, 5.41) is 3.28. The third-order valence-corrected chi connectivity index (χ3v) is 6.18. The van der Waals surface area contributed by atoms with E-state index >= 15 is 0 Å². The molecule has 2 heterocycles. The lowest BCUT2D eigenvalue weighted by Crippen LogP contribution is -2.56. The third-order valence-electron chi connectivity index (χ3n) is 4.04. The number of hydrogen-bond acceptors (Lipinski definition) is 5. The maximum Gasteiger partial charge on any atom is 0.209 e. The van der Waals surface area contributed by atoms with Crippen LogP contribution in [0.25, 0.3) is 0 Å². The number of halogens is 1. The first kappa shape index (κ1) is 21.4. The van der Waals surface area contributed by atoms with Crippen molar-refractivity contribution in [3.63, 3.8) is 0 Å². The van der Waals surface area contributed by atoms with E-state index in [-0.39, 0.29) is 0 Å². The lowest BCUT2D eigenvalue weighted by molar-refractivity contribution is 0.173. The molecule has 1 aromatic rings. The molecule has 10 heteroatoms. The lowest BCUT2D eigenvalue weighted by Gasteiger charge is -2.37. The Kier molecular flexibility index (Phi) is 7.32. The lowest BCUT2D eigenvalue weighted by atomic mass is 10.1. The molecule has 1 aliphatic heterocycles. The normalized spacial score (nSPS) is 17.6. The van der Waals surface area contributed by atoms with Gasteiger partial charge in [0.25, 0.3) is 0 Å². The largest absolute Gasteiger partial charge is 0.354 e. The van der Waals surface area contributed by atoms with E-state index in [0.717, 1.165) is 43.0 Å². The Balaban J connectivity index is 1.82. The number of rotatable bonds is 6. The van der Waals surface area contributed by atoms with Gasteiger partial charge >= 0.3 is 0 Å². The molecule has 1 aromatic heterocycles. The zero-order valence-electron chi connectivity index (χ0n) is 15.7. The van der Waals surface area contributed by atoms with Gasteiger partial charge in [0.15, 0.2) is 5.96 Å². The van der Waals surface area contributed by atoms with Gasteiger partial charge in [0.1, 0.15) is 0 Å². The SMILES string of the molecule is CN=C(NCC(C)(C)NS(C)(=O)=O)N1CCN(Cc2ccc(Cl)s2)CC1. The Morgan fingerprint density at radius 3 is 2.46 bits per heavy atom. The van der Waals surface area contributed by atoms with Gasteiger partial charge in [0, 0.05) is 56.7 Å².